The Balaban J connectivity index is 4.49. The molecular formula is CBrNO7S. The van der Waals surface area contributed by atoms with E-state index in [0.717, 1.165) is 0 Å². The molecule has 0 atom stereocenters. The van der Waals surface area contributed by atoms with E-state index in [-0.39, 0.29) is 0 Å². The topological polar surface area (TPSA) is 113 Å². The zero-order chi connectivity index (χ0) is 9.07. The molecule has 0 aromatic rings. The first-order valence-electron chi connectivity index (χ1n) is 1.81. The molecule has 0 saturated heterocycles. The maximum atomic E-state index is 10.2. The van der Waals surface area contributed by atoms with Crippen LogP contribution in [0.15, 0.2) is 0 Å². The summed E-state index contributed by atoms with van der Waals surface area (Å²) in [5.74, 6) is 0. The Morgan fingerprint density at radius 2 is 2.00 bits per heavy atom. The van der Waals surface area contributed by atoms with Gasteiger partial charge in [0.15, 0.2) is 16.3 Å². The van der Waals surface area contributed by atoms with Crippen molar-refractivity contribution in [2.45, 2.75) is 0 Å². The minimum atomic E-state index is -4.92. The molecule has 0 saturated carbocycles. The number of hydrogen-bond donors (Lipinski definition) is 0. The summed E-state index contributed by atoms with van der Waals surface area (Å²) in [6.07, 6.45) is 0. The summed E-state index contributed by atoms with van der Waals surface area (Å²) in [4.78, 5) is 19.5. The molecule has 0 N–H and O–H groups in total. The van der Waals surface area contributed by atoms with E-state index in [9.17, 15) is 23.3 Å². The van der Waals surface area contributed by atoms with Gasteiger partial charge in [0.25, 0.3) is 0 Å². The lowest BCUT2D eigenvalue weighted by atomic mass is 11.6. The van der Waals surface area contributed by atoms with Gasteiger partial charge in [0, 0.05) is 0 Å². The molecule has 64 valence electrons. The van der Waals surface area contributed by atoms with Crippen molar-refractivity contribution in [1.82, 2.24) is 0 Å². The van der Waals surface area contributed by atoms with Crippen LogP contribution in [0.3, 0.4) is 0 Å². The third-order valence-corrected chi connectivity index (χ3v) is 1.74. The normalized spacial score (nSPS) is 10.3. The van der Waals surface area contributed by atoms with E-state index in [1.54, 1.807) is 0 Å². The van der Waals surface area contributed by atoms with Crippen LogP contribution in [0.4, 0.5) is 4.79 Å². The zero-order valence-corrected chi connectivity index (χ0v) is 6.99. The Morgan fingerprint density at radius 3 is 2.27 bits per heavy atom. The van der Waals surface area contributed by atoms with Crippen molar-refractivity contribution >= 4 is 31.7 Å². The summed E-state index contributed by atoms with van der Waals surface area (Å²) >= 11 is 2.01. The van der Waals surface area contributed by atoms with Crippen molar-refractivity contribution in [3.05, 3.63) is 10.1 Å². The summed E-state index contributed by atoms with van der Waals surface area (Å²) in [5, 5.41) is 5.88. The second kappa shape index (κ2) is 3.48. The summed E-state index contributed by atoms with van der Waals surface area (Å²) in [6, 6.07) is 0. The van der Waals surface area contributed by atoms with E-state index >= 15 is 0 Å². The summed E-state index contributed by atoms with van der Waals surface area (Å²) < 4.78 is 26.9. The molecule has 11 heavy (non-hydrogen) atoms. The molecule has 0 fully saturated rings. The molecule has 0 aliphatic carbocycles. The predicted octanol–water partition coefficient (Wildman–Crippen LogP) is -0.0290. The number of carbonyl (C=O) groups is 1. The molecule has 0 amide bonds. The van der Waals surface area contributed by atoms with Gasteiger partial charge < -0.3 is 3.83 Å². The number of nitrogens with zero attached hydrogens (tertiary/aromatic N) is 1. The van der Waals surface area contributed by atoms with Crippen LogP contribution in [0, 0.1) is 10.1 Å². The molecule has 0 aliphatic heterocycles. The second-order valence-electron chi connectivity index (χ2n) is 1.08. The largest absolute Gasteiger partial charge is 0.462 e. The van der Waals surface area contributed by atoms with Gasteiger partial charge in [0.05, 0.1) is 0 Å². The van der Waals surface area contributed by atoms with Crippen molar-refractivity contribution in [2.75, 3.05) is 0 Å². The first kappa shape index (κ1) is 10.1. The number of rotatable bonds is 2. The summed E-state index contributed by atoms with van der Waals surface area (Å²) in [5.41, 5.74) is 0. The van der Waals surface area contributed by atoms with Crippen LogP contribution in [0.25, 0.3) is 0 Å². The minimum absolute atomic E-state index is 1.64. The fourth-order valence-corrected chi connectivity index (χ4v) is 0.933. The van der Waals surface area contributed by atoms with Gasteiger partial charge in [0.1, 0.15) is 0 Å². The second-order valence-corrected chi connectivity index (χ2v) is 2.79. The molecule has 0 bridgehead atoms. The monoisotopic (exact) mass is 249 g/mol. The van der Waals surface area contributed by atoms with Crippen molar-refractivity contribution in [2.24, 2.45) is 0 Å². The highest BCUT2D eigenvalue weighted by Gasteiger charge is 2.28. The van der Waals surface area contributed by atoms with Crippen LogP contribution < -0.4 is 0 Å². The first-order valence-corrected chi connectivity index (χ1v) is 3.87. The SMILES string of the molecule is O=C(OBr)S(=O)(=O)O[N+](=O)[O-]. The van der Waals surface area contributed by atoms with E-state index in [1.807, 2.05) is 16.3 Å². The highest BCUT2D eigenvalue weighted by molar-refractivity contribution is 9.06. The van der Waals surface area contributed by atoms with E-state index in [1.165, 1.54) is 0 Å². The van der Waals surface area contributed by atoms with Gasteiger partial charge in [-0.15, -0.1) is 10.1 Å². The van der Waals surface area contributed by atoms with E-state index in [2.05, 4.69) is 8.11 Å². The third-order valence-electron chi connectivity index (χ3n) is 0.426. The highest BCUT2D eigenvalue weighted by Crippen LogP contribution is 2.01. The molecular weight excluding hydrogens is 250 g/mol. The lowest BCUT2D eigenvalue weighted by Gasteiger charge is -1.94. The summed E-state index contributed by atoms with van der Waals surface area (Å²) in [7, 11) is -4.92. The fourth-order valence-electron chi connectivity index (χ4n) is 0.149. The van der Waals surface area contributed by atoms with Gasteiger partial charge in [-0.3, -0.25) is 0 Å². The van der Waals surface area contributed by atoms with Gasteiger partial charge in [-0.2, -0.15) is 12.7 Å². The van der Waals surface area contributed by atoms with Crippen molar-refractivity contribution < 1.29 is 26.4 Å². The Kier molecular flexibility index (Phi) is 3.19. The molecule has 0 aromatic heterocycles. The Hall–Kier alpha value is -0.900. The van der Waals surface area contributed by atoms with Crippen LogP contribution >= 0.6 is 16.3 Å². The number of carbonyl (C=O) groups excluding carboxylic acids is 1. The molecule has 0 spiro atoms. The molecule has 10 heteroatoms. The van der Waals surface area contributed by atoms with E-state index in [4.69, 9.17) is 0 Å². The first-order chi connectivity index (χ1) is 4.90. The van der Waals surface area contributed by atoms with Crippen LogP contribution in [0.5, 0.6) is 0 Å². The van der Waals surface area contributed by atoms with Crippen LogP contribution in [-0.4, -0.2) is 18.8 Å². The average molecular weight is 250 g/mol. The number of halogens is 1. The Bertz CT molecular complexity index is 266. The van der Waals surface area contributed by atoms with Crippen LogP contribution in [-0.2, 0) is 18.2 Å². The van der Waals surface area contributed by atoms with Gasteiger partial charge >= 0.3 is 20.5 Å². The van der Waals surface area contributed by atoms with Crippen LogP contribution in [0.2, 0.25) is 0 Å². The molecule has 0 rings (SSSR count). The molecule has 0 aromatic carbocycles. The van der Waals surface area contributed by atoms with Crippen LogP contribution in [0.1, 0.15) is 0 Å². The smallest absolute Gasteiger partial charge is 0.370 e. The maximum Gasteiger partial charge on any atom is 0.462 e. The molecule has 0 radical (unpaired) electrons. The van der Waals surface area contributed by atoms with E-state index in [0.29, 0.717) is 0 Å². The lowest BCUT2D eigenvalue weighted by Crippen LogP contribution is -2.19. The number of hydrogen-bond acceptors (Lipinski definition) is 7. The standard InChI is InChI=1S/CBrNO7S/c2-9-1(4)11(7,8)10-3(5)6. The van der Waals surface area contributed by atoms with Gasteiger partial charge in [-0.25, -0.2) is 4.79 Å². The van der Waals surface area contributed by atoms with Crippen molar-refractivity contribution in [3.8, 4) is 0 Å². The predicted molar refractivity (Wildman–Crippen MR) is 32.4 cm³/mol. The third kappa shape index (κ3) is 3.13. The Morgan fingerprint density at radius 1 is 1.55 bits per heavy atom. The van der Waals surface area contributed by atoms with Crippen molar-refractivity contribution in [3.63, 3.8) is 0 Å². The lowest BCUT2D eigenvalue weighted by molar-refractivity contribution is -0.710. The maximum absolute atomic E-state index is 10.2. The van der Waals surface area contributed by atoms with E-state index < -0.39 is 20.5 Å². The van der Waals surface area contributed by atoms with Gasteiger partial charge in [-0.1, -0.05) is 0 Å². The van der Waals surface area contributed by atoms with Crippen molar-refractivity contribution in [1.29, 1.82) is 0 Å². The van der Waals surface area contributed by atoms with Gasteiger partial charge in [-0.05, 0) is 0 Å². The zero-order valence-electron chi connectivity index (χ0n) is 4.59. The molecule has 0 unspecified atom stereocenters. The summed E-state index contributed by atoms with van der Waals surface area (Å²) in [6.45, 7) is 0. The fraction of sp³-hybridized carbons (Fsp3) is 0. The van der Waals surface area contributed by atoms with Gasteiger partial charge in [0.2, 0.25) is 0 Å². The minimum Gasteiger partial charge on any atom is -0.370 e. The quantitative estimate of drug-likeness (QED) is 0.499. The molecule has 0 aliphatic rings. The average Bonchev–Trinajstić information content (AvgIpc) is 1.83. The highest BCUT2D eigenvalue weighted by atomic mass is 79.9. The molecule has 0 heterocycles. The molecule has 8 nitrogen and oxygen atoms in total. The Labute approximate surface area is 68.8 Å².